The minimum atomic E-state index is -0.305. The second kappa shape index (κ2) is 7.82. The van der Waals surface area contributed by atoms with Crippen molar-refractivity contribution in [2.24, 2.45) is 0 Å². The first-order chi connectivity index (χ1) is 12.1. The third-order valence-electron chi connectivity index (χ3n) is 5.17. The van der Waals surface area contributed by atoms with Gasteiger partial charge in [-0.25, -0.2) is 9.18 Å². The first-order valence-corrected chi connectivity index (χ1v) is 8.86. The van der Waals surface area contributed by atoms with Crippen LogP contribution in [0.2, 0.25) is 0 Å². The zero-order chi connectivity index (χ0) is 17.8. The quantitative estimate of drug-likeness (QED) is 0.844. The number of piperidine rings is 1. The predicted octanol–water partition coefficient (Wildman–Crippen LogP) is 1.32. The van der Waals surface area contributed by atoms with Crippen LogP contribution in [0, 0.1) is 5.82 Å². The van der Waals surface area contributed by atoms with Crippen molar-refractivity contribution in [2.45, 2.75) is 38.4 Å². The van der Waals surface area contributed by atoms with E-state index in [9.17, 15) is 14.0 Å². The Morgan fingerprint density at radius 2 is 2.04 bits per heavy atom. The molecule has 0 unspecified atom stereocenters. The first-order valence-electron chi connectivity index (χ1n) is 8.86. The minimum absolute atomic E-state index is 0.0223. The summed E-state index contributed by atoms with van der Waals surface area (Å²) in [7, 11) is 0. The van der Waals surface area contributed by atoms with Crippen molar-refractivity contribution in [3.05, 3.63) is 35.6 Å². The van der Waals surface area contributed by atoms with Gasteiger partial charge < -0.3 is 15.5 Å². The summed E-state index contributed by atoms with van der Waals surface area (Å²) in [5.41, 5.74) is 0.488. The van der Waals surface area contributed by atoms with Crippen LogP contribution in [0.25, 0.3) is 0 Å². The Morgan fingerprint density at radius 3 is 2.68 bits per heavy atom. The van der Waals surface area contributed by atoms with Crippen LogP contribution in [0.15, 0.2) is 24.3 Å². The fraction of sp³-hybridized carbons (Fsp3) is 0.556. The fourth-order valence-electron chi connectivity index (χ4n) is 3.56. The molecule has 1 aromatic carbocycles. The van der Waals surface area contributed by atoms with Gasteiger partial charge >= 0.3 is 6.03 Å². The molecule has 2 fully saturated rings. The van der Waals surface area contributed by atoms with Crippen LogP contribution in [0.1, 0.15) is 25.3 Å². The molecule has 0 saturated carbocycles. The van der Waals surface area contributed by atoms with Crippen molar-refractivity contribution >= 4 is 11.9 Å². The molecule has 2 aliphatic rings. The minimum Gasteiger partial charge on any atom is -0.351 e. The fourth-order valence-corrected chi connectivity index (χ4v) is 3.56. The van der Waals surface area contributed by atoms with Crippen molar-refractivity contribution < 1.29 is 14.0 Å². The third kappa shape index (κ3) is 4.10. The second-order valence-electron chi connectivity index (χ2n) is 6.68. The van der Waals surface area contributed by atoms with Gasteiger partial charge in [0.15, 0.2) is 0 Å². The van der Waals surface area contributed by atoms with E-state index in [1.165, 1.54) is 6.07 Å². The van der Waals surface area contributed by atoms with Gasteiger partial charge in [-0.15, -0.1) is 0 Å². The highest BCUT2D eigenvalue weighted by Gasteiger charge is 2.33. The van der Waals surface area contributed by atoms with Gasteiger partial charge in [0, 0.05) is 44.3 Å². The lowest BCUT2D eigenvalue weighted by molar-refractivity contribution is -0.126. The van der Waals surface area contributed by atoms with Gasteiger partial charge in [0.1, 0.15) is 5.82 Å². The van der Waals surface area contributed by atoms with Crippen LogP contribution in [-0.2, 0) is 11.3 Å². The highest BCUT2D eigenvalue weighted by Crippen LogP contribution is 2.20. The highest BCUT2D eigenvalue weighted by molar-refractivity contribution is 5.81. The number of hydrogen-bond donors (Lipinski definition) is 2. The third-order valence-corrected chi connectivity index (χ3v) is 5.17. The lowest BCUT2D eigenvalue weighted by Gasteiger charge is -2.38. The molecule has 0 aliphatic carbocycles. The summed E-state index contributed by atoms with van der Waals surface area (Å²) in [4.78, 5) is 28.1. The van der Waals surface area contributed by atoms with E-state index < -0.39 is 0 Å². The maximum absolute atomic E-state index is 13.6. The van der Waals surface area contributed by atoms with Crippen LogP contribution in [0.3, 0.4) is 0 Å². The summed E-state index contributed by atoms with van der Waals surface area (Å²) >= 11 is 0. The molecule has 0 spiro atoms. The van der Waals surface area contributed by atoms with Crippen LogP contribution in [0.5, 0.6) is 0 Å². The SMILES string of the molecule is C[C@H](C(=O)NCc1ccccc1F)N1CCC(N2CCNC2=O)CC1. The first kappa shape index (κ1) is 17.7. The molecule has 6 nitrogen and oxygen atoms in total. The molecule has 25 heavy (non-hydrogen) atoms. The molecule has 3 amide bonds. The Bertz CT molecular complexity index is 631. The van der Waals surface area contributed by atoms with Crippen molar-refractivity contribution in [1.29, 1.82) is 0 Å². The molecular formula is C18H25FN4O2. The van der Waals surface area contributed by atoms with Gasteiger partial charge in [-0.3, -0.25) is 9.69 Å². The summed E-state index contributed by atoms with van der Waals surface area (Å²) in [6.45, 7) is 5.11. The number of likely N-dealkylation sites (tertiary alicyclic amines) is 1. The van der Waals surface area contributed by atoms with Crippen molar-refractivity contribution in [3.63, 3.8) is 0 Å². The molecule has 2 saturated heterocycles. The number of amides is 3. The maximum Gasteiger partial charge on any atom is 0.317 e. The molecule has 136 valence electrons. The van der Waals surface area contributed by atoms with Crippen molar-refractivity contribution in [1.82, 2.24) is 20.4 Å². The Kier molecular flexibility index (Phi) is 5.53. The van der Waals surface area contributed by atoms with Crippen molar-refractivity contribution in [2.75, 3.05) is 26.2 Å². The largest absolute Gasteiger partial charge is 0.351 e. The van der Waals surface area contributed by atoms with Crippen molar-refractivity contribution in [3.8, 4) is 0 Å². The van der Waals surface area contributed by atoms with Gasteiger partial charge in [0.25, 0.3) is 0 Å². The zero-order valence-electron chi connectivity index (χ0n) is 14.5. The topological polar surface area (TPSA) is 64.7 Å². The molecule has 7 heteroatoms. The zero-order valence-corrected chi connectivity index (χ0v) is 14.5. The number of rotatable bonds is 5. The molecular weight excluding hydrogens is 323 g/mol. The Balaban J connectivity index is 1.47. The standard InChI is InChI=1S/C18H25FN4O2/c1-13(17(24)21-12-14-4-2-3-5-16(14)19)22-9-6-15(7-10-22)23-11-8-20-18(23)25/h2-5,13,15H,6-12H2,1H3,(H,20,25)(H,21,24)/t13-/m1/s1. The van der Waals surface area contributed by atoms with E-state index >= 15 is 0 Å². The average Bonchev–Trinajstić information content (AvgIpc) is 3.06. The van der Waals surface area contributed by atoms with Gasteiger partial charge in [-0.2, -0.15) is 0 Å². The number of carbonyl (C=O) groups excluding carboxylic acids is 2. The van der Waals surface area contributed by atoms with E-state index in [1.807, 2.05) is 11.8 Å². The molecule has 2 N–H and O–H groups in total. The smallest absolute Gasteiger partial charge is 0.317 e. The Hall–Kier alpha value is -2.15. The van der Waals surface area contributed by atoms with Gasteiger partial charge in [-0.05, 0) is 25.8 Å². The van der Waals surface area contributed by atoms with E-state index in [2.05, 4.69) is 15.5 Å². The van der Waals surface area contributed by atoms with E-state index in [-0.39, 0.29) is 36.4 Å². The van der Waals surface area contributed by atoms with E-state index in [4.69, 9.17) is 0 Å². The van der Waals surface area contributed by atoms with Gasteiger partial charge in [0.05, 0.1) is 6.04 Å². The summed E-state index contributed by atoms with van der Waals surface area (Å²) in [6, 6.07) is 6.47. The molecule has 0 radical (unpaired) electrons. The molecule has 1 atom stereocenters. The molecule has 1 aromatic rings. The lowest BCUT2D eigenvalue weighted by Crippen LogP contribution is -2.52. The number of carbonyl (C=O) groups is 2. The summed E-state index contributed by atoms with van der Waals surface area (Å²) in [5.74, 6) is -0.402. The summed E-state index contributed by atoms with van der Waals surface area (Å²) < 4.78 is 13.6. The average molecular weight is 348 g/mol. The molecule has 2 heterocycles. The van der Waals surface area contributed by atoms with Gasteiger partial charge in [-0.1, -0.05) is 18.2 Å². The molecule has 3 rings (SSSR count). The molecule has 0 aromatic heterocycles. The lowest BCUT2D eigenvalue weighted by atomic mass is 10.0. The number of nitrogens with zero attached hydrogens (tertiary/aromatic N) is 2. The Morgan fingerprint density at radius 1 is 1.32 bits per heavy atom. The number of halogens is 1. The van der Waals surface area contributed by atoms with Crippen LogP contribution in [-0.4, -0.2) is 60.0 Å². The monoisotopic (exact) mass is 348 g/mol. The van der Waals surface area contributed by atoms with Crippen LogP contribution < -0.4 is 10.6 Å². The molecule has 2 aliphatic heterocycles. The maximum atomic E-state index is 13.6. The van der Waals surface area contributed by atoms with E-state index in [0.717, 1.165) is 32.5 Å². The molecule has 0 bridgehead atoms. The van der Waals surface area contributed by atoms with E-state index in [1.54, 1.807) is 18.2 Å². The summed E-state index contributed by atoms with van der Waals surface area (Å²) in [5, 5.41) is 5.65. The van der Waals surface area contributed by atoms with Gasteiger partial charge in [0.2, 0.25) is 5.91 Å². The van der Waals surface area contributed by atoms with Crippen LogP contribution in [0.4, 0.5) is 9.18 Å². The highest BCUT2D eigenvalue weighted by atomic mass is 19.1. The normalized spacial score (nSPS) is 20.4. The summed E-state index contributed by atoms with van der Waals surface area (Å²) in [6.07, 6.45) is 1.75. The Labute approximate surface area is 147 Å². The number of urea groups is 1. The van der Waals surface area contributed by atoms with E-state index in [0.29, 0.717) is 12.1 Å². The number of benzene rings is 1. The predicted molar refractivity (Wildman–Crippen MR) is 92.4 cm³/mol. The second-order valence-corrected chi connectivity index (χ2v) is 6.68. The number of hydrogen-bond acceptors (Lipinski definition) is 3. The van der Waals surface area contributed by atoms with Crippen LogP contribution >= 0.6 is 0 Å². The number of nitrogens with one attached hydrogen (secondary N) is 2.